The van der Waals surface area contributed by atoms with Crippen LogP contribution in [-0.4, -0.2) is 23.0 Å². The number of hydrogen-bond donors (Lipinski definition) is 2. The predicted molar refractivity (Wildman–Crippen MR) is 85.5 cm³/mol. The van der Waals surface area contributed by atoms with Crippen LogP contribution < -0.4 is 5.32 Å². The molecule has 2 rings (SSSR count). The highest BCUT2D eigenvalue weighted by molar-refractivity contribution is 6.33. The number of carboxylic acids is 1. The first kappa shape index (κ1) is 18.8. The highest BCUT2D eigenvalue weighted by Gasteiger charge is 2.34. The third-order valence-electron chi connectivity index (χ3n) is 3.47. The third-order valence-corrected chi connectivity index (χ3v) is 3.80. The molecular formula is C17H13ClF3NO3. The lowest BCUT2D eigenvalue weighted by atomic mass is 9.99. The molecule has 2 N–H and O–H groups in total. The van der Waals surface area contributed by atoms with Gasteiger partial charge in [0.05, 0.1) is 16.1 Å². The lowest BCUT2D eigenvalue weighted by Gasteiger charge is -2.18. The van der Waals surface area contributed by atoms with E-state index in [1.54, 1.807) is 6.07 Å². The van der Waals surface area contributed by atoms with Crippen LogP contribution in [0.5, 0.6) is 0 Å². The molecule has 0 bridgehead atoms. The maximum Gasteiger partial charge on any atom is 0.416 e. The first-order valence-electron chi connectivity index (χ1n) is 7.13. The summed E-state index contributed by atoms with van der Waals surface area (Å²) in [6.07, 6.45) is -5.13. The molecule has 0 saturated heterocycles. The Labute approximate surface area is 146 Å². The third kappa shape index (κ3) is 4.73. The van der Waals surface area contributed by atoms with Gasteiger partial charge in [-0.05, 0) is 23.8 Å². The van der Waals surface area contributed by atoms with Crippen molar-refractivity contribution in [1.82, 2.24) is 5.32 Å². The number of alkyl halides is 3. The van der Waals surface area contributed by atoms with Crippen LogP contribution in [-0.2, 0) is 17.4 Å². The molecule has 1 atom stereocenters. The molecular weight excluding hydrogens is 359 g/mol. The Kier molecular flexibility index (Phi) is 5.69. The molecule has 0 unspecified atom stereocenters. The Morgan fingerprint density at radius 2 is 1.68 bits per heavy atom. The van der Waals surface area contributed by atoms with Crippen molar-refractivity contribution in [3.05, 3.63) is 70.2 Å². The van der Waals surface area contributed by atoms with E-state index < -0.39 is 36.1 Å². The van der Waals surface area contributed by atoms with Crippen molar-refractivity contribution >= 4 is 23.5 Å². The molecule has 0 aliphatic heterocycles. The summed E-state index contributed by atoms with van der Waals surface area (Å²) in [7, 11) is 0. The van der Waals surface area contributed by atoms with E-state index in [1.807, 2.05) is 0 Å². The first-order chi connectivity index (χ1) is 11.7. The summed E-state index contributed by atoms with van der Waals surface area (Å²) in [6.45, 7) is 0. The summed E-state index contributed by atoms with van der Waals surface area (Å²) in [4.78, 5) is 23.6. The van der Waals surface area contributed by atoms with Gasteiger partial charge in [0.15, 0.2) is 0 Å². The monoisotopic (exact) mass is 371 g/mol. The van der Waals surface area contributed by atoms with Gasteiger partial charge in [-0.25, -0.2) is 4.79 Å². The van der Waals surface area contributed by atoms with Gasteiger partial charge in [-0.2, -0.15) is 13.2 Å². The van der Waals surface area contributed by atoms with Crippen LogP contribution in [0.2, 0.25) is 5.02 Å². The lowest BCUT2D eigenvalue weighted by Crippen LogP contribution is -2.42. The smallest absolute Gasteiger partial charge is 0.416 e. The number of aliphatic carboxylic acids is 1. The standard InChI is InChI=1S/C17H13ClF3NO3/c18-13-8-4-2-6-11(13)15(23)22-14(16(24)25)9-10-5-1-3-7-12(10)17(19,20)21/h1-8,14H,9H2,(H,22,23)(H,24,25)/t14-/m1/s1. The van der Waals surface area contributed by atoms with Crippen molar-refractivity contribution in [2.75, 3.05) is 0 Å². The second-order valence-electron chi connectivity index (χ2n) is 5.20. The quantitative estimate of drug-likeness (QED) is 0.840. The van der Waals surface area contributed by atoms with Crippen LogP contribution in [0.15, 0.2) is 48.5 Å². The Balaban J connectivity index is 2.25. The summed E-state index contributed by atoms with van der Waals surface area (Å²) in [5.74, 6) is -2.22. The van der Waals surface area contributed by atoms with Crippen molar-refractivity contribution in [1.29, 1.82) is 0 Å². The largest absolute Gasteiger partial charge is 0.480 e. The molecule has 4 nitrogen and oxygen atoms in total. The maximum atomic E-state index is 13.0. The molecule has 132 valence electrons. The van der Waals surface area contributed by atoms with Crippen LogP contribution in [0, 0.1) is 0 Å². The molecule has 0 heterocycles. The van der Waals surface area contributed by atoms with E-state index >= 15 is 0 Å². The summed E-state index contributed by atoms with van der Waals surface area (Å²) >= 11 is 5.87. The van der Waals surface area contributed by atoms with E-state index in [2.05, 4.69) is 5.32 Å². The highest BCUT2D eigenvalue weighted by atomic mass is 35.5. The zero-order valence-corrected chi connectivity index (χ0v) is 13.4. The van der Waals surface area contributed by atoms with Gasteiger partial charge in [-0.1, -0.05) is 41.9 Å². The summed E-state index contributed by atoms with van der Waals surface area (Å²) in [5, 5.41) is 11.6. The fourth-order valence-corrected chi connectivity index (χ4v) is 2.50. The van der Waals surface area contributed by atoms with Crippen molar-refractivity contribution < 1.29 is 27.9 Å². The molecule has 0 aromatic heterocycles. The van der Waals surface area contributed by atoms with E-state index in [1.165, 1.54) is 36.4 Å². The summed E-state index contributed by atoms with van der Waals surface area (Å²) < 4.78 is 39.1. The Morgan fingerprint density at radius 1 is 1.08 bits per heavy atom. The fourth-order valence-electron chi connectivity index (χ4n) is 2.28. The normalized spacial score (nSPS) is 12.5. The zero-order chi connectivity index (χ0) is 18.6. The lowest BCUT2D eigenvalue weighted by molar-refractivity contribution is -0.141. The van der Waals surface area contributed by atoms with Crippen molar-refractivity contribution in [3.8, 4) is 0 Å². The van der Waals surface area contributed by atoms with Gasteiger partial charge < -0.3 is 10.4 Å². The Morgan fingerprint density at radius 3 is 2.28 bits per heavy atom. The van der Waals surface area contributed by atoms with E-state index in [0.717, 1.165) is 6.07 Å². The van der Waals surface area contributed by atoms with E-state index in [-0.39, 0.29) is 16.1 Å². The molecule has 25 heavy (non-hydrogen) atoms. The van der Waals surface area contributed by atoms with Crippen LogP contribution in [0.25, 0.3) is 0 Å². The number of nitrogens with one attached hydrogen (secondary N) is 1. The number of carbonyl (C=O) groups is 2. The Bertz CT molecular complexity index is 793. The number of carboxylic acid groups (broad SMARTS) is 1. The highest BCUT2D eigenvalue weighted by Crippen LogP contribution is 2.32. The van der Waals surface area contributed by atoms with Gasteiger partial charge in [0.2, 0.25) is 0 Å². The molecule has 2 aromatic rings. The Hall–Kier alpha value is -2.54. The zero-order valence-electron chi connectivity index (χ0n) is 12.7. The second kappa shape index (κ2) is 7.57. The molecule has 0 saturated carbocycles. The minimum Gasteiger partial charge on any atom is -0.480 e. The minimum atomic E-state index is -4.62. The van der Waals surface area contributed by atoms with Gasteiger partial charge >= 0.3 is 12.1 Å². The van der Waals surface area contributed by atoms with Crippen LogP contribution in [0.1, 0.15) is 21.5 Å². The van der Waals surface area contributed by atoms with Crippen molar-refractivity contribution in [3.63, 3.8) is 0 Å². The maximum absolute atomic E-state index is 13.0. The van der Waals surface area contributed by atoms with Gasteiger partial charge in [0.25, 0.3) is 5.91 Å². The van der Waals surface area contributed by atoms with Gasteiger partial charge in [-0.3, -0.25) is 4.79 Å². The van der Waals surface area contributed by atoms with Crippen LogP contribution in [0.3, 0.4) is 0 Å². The summed E-state index contributed by atoms with van der Waals surface area (Å²) in [6, 6.07) is 9.06. The number of amides is 1. The molecule has 0 spiro atoms. The topological polar surface area (TPSA) is 66.4 Å². The molecule has 8 heteroatoms. The van der Waals surface area contributed by atoms with Crippen LogP contribution >= 0.6 is 11.6 Å². The number of rotatable bonds is 5. The van der Waals surface area contributed by atoms with Crippen LogP contribution in [0.4, 0.5) is 13.2 Å². The van der Waals surface area contributed by atoms with Gasteiger partial charge in [-0.15, -0.1) is 0 Å². The molecule has 1 amide bonds. The second-order valence-corrected chi connectivity index (χ2v) is 5.61. The number of benzene rings is 2. The molecule has 0 aliphatic rings. The minimum absolute atomic E-state index is 0.0412. The number of carbonyl (C=O) groups excluding carboxylic acids is 1. The first-order valence-corrected chi connectivity index (χ1v) is 7.51. The van der Waals surface area contributed by atoms with E-state index in [4.69, 9.17) is 11.6 Å². The molecule has 0 fully saturated rings. The molecule has 2 aromatic carbocycles. The van der Waals surface area contributed by atoms with E-state index in [9.17, 15) is 27.9 Å². The van der Waals surface area contributed by atoms with Crippen molar-refractivity contribution in [2.45, 2.75) is 18.6 Å². The summed E-state index contributed by atoms with van der Waals surface area (Å²) in [5.41, 5.74) is -1.12. The fraction of sp³-hybridized carbons (Fsp3) is 0.176. The van der Waals surface area contributed by atoms with Gasteiger partial charge in [0, 0.05) is 6.42 Å². The number of hydrogen-bond acceptors (Lipinski definition) is 2. The SMILES string of the molecule is O=C(N[C@H](Cc1ccccc1C(F)(F)F)C(=O)O)c1ccccc1Cl. The average molecular weight is 372 g/mol. The van der Waals surface area contributed by atoms with Crippen molar-refractivity contribution in [2.24, 2.45) is 0 Å². The molecule has 0 radical (unpaired) electrons. The van der Waals surface area contributed by atoms with Gasteiger partial charge in [0.1, 0.15) is 6.04 Å². The average Bonchev–Trinajstić information content (AvgIpc) is 2.54. The predicted octanol–water partition coefficient (Wildman–Crippen LogP) is 3.78. The molecule has 0 aliphatic carbocycles. The van der Waals surface area contributed by atoms with E-state index in [0.29, 0.717) is 0 Å². The number of halogens is 4.